The second-order valence-electron chi connectivity index (χ2n) is 3.90. The molecule has 19 heavy (non-hydrogen) atoms. The first-order valence-corrected chi connectivity index (χ1v) is 7.28. The molecule has 0 radical (unpaired) electrons. The molecule has 0 aliphatic rings. The van der Waals surface area contributed by atoms with E-state index in [1.54, 1.807) is 12.1 Å². The SMILES string of the molecule is CCCC(NC(=O)Nc1cc(Br)ccc1Br)C(=O)O. The van der Waals surface area contributed by atoms with Crippen LogP contribution >= 0.6 is 31.9 Å². The van der Waals surface area contributed by atoms with Crippen LogP contribution in [-0.4, -0.2) is 23.1 Å². The van der Waals surface area contributed by atoms with E-state index in [-0.39, 0.29) is 0 Å². The second kappa shape index (κ2) is 7.49. The van der Waals surface area contributed by atoms with Gasteiger partial charge >= 0.3 is 12.0 Å². The van der Waals surface area contributed by atoms with E-state index in [2.05, 4.69) is 42.5 Å². The summed E-state index contributed by atoms with van der Waals surface area (Å²) in [6, 6.07) is 3.90. The average molecular weight is 394 g/mol. The molecule has 1 atom stereocenters. The fourth-order valence-corrected chi connectivity index (χ4v) is 2.16. The number of anilines is 1. The number of hydrogen-bond acceptors (Lipinski definition) is 2. The minimum atomic E-state index is -1.04. The fraction of sp³-hybridized carbons (Fsp3) is 0.333. The number of carboxylic acid groups (broad SMARTS) is 1. The van der Waals surface area contributed by atoms with Gasteiger partial charge in [0, 0.05) is 8.95 Å². The Labute approximate surface area is 128 Å². The van der Waals surface area contributed by atoms with Crippen LogP contribution < -0.4 is 10.6 Å². The Hall–Kier alpha value is -1.08. The van der Waals surface area contributed by atoms with Crippen LogP contribution in [0, 0.1) is 0 Å². The van der Waals surface area contributed by atoms with Crippen molar-refractivity contribution < 1.29 is 14.7 Å². The van der Waals surface area contributed by atoms with Gasteiger partial charge in [0.15, 0.2) is 0 Å². The van der Waals surface area contributed by atoms with Gasteiger partial charge in [-0.25, -0.2) is 9.59 Å². The predicted octanol–water partition coefficient (Wildman–Crippen LogP) is 3.59. The van der Waals surface area contributed by atoms with Gasteiger partial charge in [0.25, 0.3) is 0 Å². The number of rotatable bonds is 5. The summed E-state index contributed by atoms with van der Waals surface area (Å²) in [4.78, 5) is 22.7. The largest absolute Gasteiger partial charge is 0.480 e. The Kier molecular flexibility index (Phi) is 6.30. The number of hydrogen-bond donors (Lipinski definition) is 3. The molecule has 0 saturated carbocycles. The summed E-state index contributed by atoms with van der Waals surface area (Å²) in [5.74, 6) is -1.04. The van der Waals surface area contributed by atoms with Crippen molar-refractivity contribution in [3.63, 3.8) is 0 Å². The number of amides is 2. The van der Waals surface area contributed by atoms with Crippen molar-refractivity contribution in [2.45, 2.75) is 25.8 Å². The van der Waals surface area contributed by atoms with Gasteiger partial charge < -0.3 is 15.7 Å². The van der Waals surface area contributed by atoms with Gasteiger partial charge in [0.2, 0.25) is 0 Å². The Morgan fingerprint density at radius 3 is 2.63 bits per heavy atom. The summed E-state index contributed by atoms with van der Waals surface area (Å²) in [5, 5.41) is 14.0. The van der Waals surface area contributed by atoms with Gasteiger partial charge in [-0.05, 0) is 40.5 Å². The van der Waals surface area contributed by atoms with E-state index in [9.17, 15) is 9.59 Å². The minimum Gasteiger partial charge on any atom is -0.480 e. The van der Waals surface area contributed by atoms with Crippen molar-refractivity contribution in [2.24, 2.45) is 0 Å². The number of carbonyl (C=O) groups is 2. The molecule has 1 unspecified atom stereocenters. The predicted molar refractivity (Wildman–Crippen MR) is 80.3 cm³/mol. The van der Waals surface area contributed by atoms with Crippen LogP contribution in [-0.2, 0) is 4.79 Å². The molecule has 2 amide bonds. The van der Waals surface area contributed by atoms with E-state index < -0.39 is 18.0 Å². The Balaban J connectivity index is 2.68. The maximum atomic E-state index is 11.7. The lowest BCUT2D eigenvalue weighted by Gasteiger charge is -2.15. The number of carbonyl (C=O) groups excluding carboxylic acids is 1. The van der Waals surface area contributed by atoms with Crippen molar-refractivity contribution >= 4 is 49.5 Å². The van der Waals surface area contributed by atoms with Gasteiger partial charge in [0.1, 0.15) is 6.04 Å². The van der Waals surface area contributed by atoms with E-state index in [1.807, 2.05) is 13.0 Å². The number of urea groups is 1. The normalized spacial score (nSPS) is 11.7. The van der Waals surface area contributed by atoms with Gasteiger partial charge in [-0.3, -0.25) is 0 Å². The summed E-state index contributed by atoms with van der Waals surface area (Å²) < 4.78 is 1.53. The molecule has 104 valence electrons. The van der Waals surface area contributed by atoms with Crippen LogP contribution in [0.4, 0.5) is 10.5 Å². The van der Waals surface area contributed by atoms with Crippen molar-refractivity contribution in [3.05, 3.63) is 27.1 Å². The van der Waals surface area contributed by atoms with E-state index in [1.165, 1.54) is 0 Å². The van der Waals surface area contributed by atoms with Crippen LogP contribution in [0.2, 0.25) is 0 Å². The average Bonchev–Trinajstić information content (AvgIpc) is 2.33. The lowest BCUT2D eigenvalue weighted by atomic mass is 10.2. The molecule has 1 rings (SSSR count). The van der Waals surface area contributed by atoms with Crippen molar-refractivity contribution in [1.82, 2.24) is 5.32 Å². The van der Waals surface area contributed by atoms with Crippen LogP contribution in [0.25, 0.3) is 0 Å². The van der Waals surface area contributed by atoms with Crippen LogP contribution in [0.5, 0.6) is 0 Å². The highest BCUT2D eigenvalue weighted by molar-refractivity contribution is 9.11. The molecule has 7 heteroatoms. The third kappa shape index (κ3) is 5.20. The Morgan fingerprint density at radius 2 is 2.05 bits per heavy atom. The minimum absolute atomic E-state index is 0.391. The number of nitrogens with one attached hydrogen (secondary N) is 2. The standard InChI is InChI=1S/C12H14Br2N2O3/c1-2-3-9(11(17)18)15-12(19)16-10-6-7(13)4-5-8(10)14/h4-6,9H,2-3H2,1H3,(H,17,18)(H2,15,16,19). The molecule has 0 aliphatic heterocycles. The first-order chi connectivity index (χ1) is 8.93. The molecule has 3 N–H and O–H groups in total. The van der Waals surface area contributed by atoms with Crippen molar-refractivity contribution in [3.8, 4) is 0 Å². The quantitative estimate of drug-likeness (QED) is 0.715. The third-order valence-corrected chi connectivity index (χ3v) is 3.54. The number of benzene rings is 1. The maximum Gasteiger partial charge on any atom is 0.326 e. The molecule has 0 saturated heterocycles. The van der Waals surface area contributed by atoms with E-state index in [0.717, 1.165) is 4.47 Å². The molecule has 0 bridgehead atoms. The number of halogens is 2. The molecule has 0 heterocycles. The summed E-state index contributed by atoms with van der Waals surface area (Å²) in [5.41, 5.74) is 0.563. The molecule has 0 spiro atoms. The Morgan fingerprint density at radius 1 is 1.37 bits per heavy atom. The topological polar surface area (TPSA) is 78.4 Å². The van der Waals surface area contributed by atoms with Gasteiger partial charge in [-0.15, -0.1) is 0 Å². The van der Waals surface area contributed by atoms with Crippen LogP contribution in [0.15, 0.2) is 27.1 Å². The summed E-state index contributed by atoms with van der Waals surface area (Å²) in [7, 11) is 0. The molecule has 0 aromatic heterocycles. The van der Waals surface area contributed by atoms with Gasteiger partial charge in [-0.2, -0.15) is 0 Å². The van der Waals surface area contributed by atoms with Crippen LogP contribution in [0.1, 0.15) is 19.8 Å². The Bertz CT molecular complexity index is 480. The fourth-order valence-electron chi connectivity index (χ4n) is 1.46. The van der Waals surface area contributed by atoms with E-state index in [4.69, 9.17) is 5.11 Å². The van der Waals surface area contributed by atoms with Crippen LogP contribution in [0.3, 0.4) is 0 Å². The first-order valence-electron chi connectivity index (χ1n) is 5.69. The highest BCUT2D eigenvalue weighted by Gasteiger charge is 2.19. The highest BCUT2D eigenvalue weighted by Crippen LogP contribution is 2.26. The molecule has 5 nitrogen and oxygen atoms in total. The lowest BCUT2D eigenvalue weighted by Crippen LogP contribution is -2.42. The zero-order valence-corrected chi connectivity index (χ0v) is 13.4. The summed E-state index contributed by atoms with van der Waals surface area (Å²) in [6.07, 6.45) is 1.07. The maximum absolute atomic E-state index is 11.7. The summed E-state index contributed by atoms with van der Waals surface area (Å²) in [6.45, 7) is 1.86. The number of carboxylic acids is 1. The molecule has 0 aliphatic carbocycles. The van der Waals surface area contributed by atoms with Crippen molar-refractivity contribution in [1.29, 1.82) is 0 Å². The van der Waals surface area contributed by atoms with Gasteiger partial charge in [-0.1, -0.05) is 29.3 Å². The zero-order chi connectivity index (χ0) is 14.4. The van der Waals surface area contributed by atoms with Gasteiger partial charge in [0.05, 0.1) is 5.69 Å². The van der Waals surface area contributed by atoms with E-state index in [0.29, 0.717) is 23.0 Å². The first kappa shape index (κ1) is 16.0. The molecule has 0 fully saturated rings. The van der Waals surface area contributed by atoms with E-state index >= 15 is 0 Å². The van der Waals surface area contributed by atoms with Crippen molar-refractivity contribution in [2.75, 3.05) is 5.32 Å². The monoisotopic (exact) mass is 392 g/mol. The molecular formula is C12H14Br2N2O3. The zero-order valence-electron chi connectivity index (χ0n) is 10.2. The second-order valence-corrected chi connectivity index (χ2v) is 5.67. The number of aliphatic carboxylic acids is 1. The third-order valence-electron chi connectivity index (χ3n) is 2.36. The lowest BCUT2D eigenvalue weighted by molar-refractivity contribution is -0.139. The highest BCUT2D eigenvalue weighted by atomic mass is 79.9. The summed E-state index contributed by atoms with van der Waals surface area (Å²) >= 11 is 6.60. The molecule has 1 aromatic rings. The molecular weight excluding hydrogens is 380 g/mol. The molecule has 1 aromatic carbocycles. The smallest absolute Gasteiger partial charge is 0.326 e.